The van der Waals surface area contributed by atoms with Crippen LogP contribution in [0.2, 0.25) is 0 Å². The van der Waals surface area contributed by atoms with E-state index >= 15 is 0 Å². The van der Waals surface area contributed by atoms with E-state index in [1.54, 1.807) is 0 Å². The lowest BCUT2D eigenvalue weighted by Crippen LogP contribution is -2.47. The Hall–Kier alpha value is -1.43. The molecule has 2 rings (SSSR count). The fraction of sp³-hybridized carbons (Fsp3) is 0.500. The van der Waals surface area contributed by atoms with Crippen LogP contribution >= 0.6 is 0 Å². The van der Waals surface area contributed by atoms with Crippen molar-refractivity contribution in [1.29, 1.82) is 0 Å². The van der Waals surface area contributed by atoms with Gasteiger partial charge in [0.15, 0.2) is 0 Å². The van der Waals surface area contributed by atoms with Gasteiger partial charge in [-0.15, -0.1) is 0 Å². The molecular weight excluding hydrogens is 242 g/mol. The Bertz CT molecular complexity index is 410. The van der Waals surface area contributed by atoms with Crippen LogP contribution in [0.5, 0.6) is 0 Å². The zero-order valence-electron chi connectivity index (χ0n) is 11.0. The van der Waals surface area contributed by atoms with Crippen LogP contribution in [-0.2, 0) is 4.79 Å². The highest BCUT2D eigenvalue weighted by Gasteiger charge is 2.31. The molecule has 1 amide bonds. The number of nitrogens with zero attached hydrogens (tertiary/aromatic N) is 1. The second-order valence-electron chi connectivity index (χ2n) is 5.01. The van der Waals surface area contributed by atoms with Crippen molar-refractivity contribution in [3.05, 3.63) is 35.9 Å². The molecule has 1 aromatic carbocycles. The van der Waals surface area contributed by atoms with Crippen LogP contribution in [-0.4, -0.2) is 35.6 Å². The number of aliphatic hydroxyl groups is 1. The molecule has 2 unspecified atom stereocenters. The number of carbonyl (C=O) groups excluding carboxylic acids is 1. The third kappa shape index (κ3) is 3.32. The van der Waals surface area contributed by atoms with Gasteiger partial charge in [0, 0.05) is 13.2 Å². The molecule has 104 valence electrons. The zero-order chi connectivity index (χ0) is 13.7. The Morgan fingerprint density at radius 1 is 1.47 bits per heavy atom. The molecule has 0 spiro atoms. The minimum atomic E-state index is -0.374. The lowest BCUT2D eigenvalue weighted by molar-refractivity contribution is -0.127. The smallest absolute Gasteiger partial charge is 0.255 e. The van der Waals surface area contributed by atoms with Crippen molar-refractivity contribution in [1.82, 2.24) is 10.3 Å². The minimum absolute atomic E-state index is 0.169. The van der Waals surface area contributed by atoms with E-state index in [0.717, 1.165) is 31.5 Å². The maximum atomic E-state index is 12.1. The van der Waals surface area contributed by atoms with E-state index in [-0.39, 0.29) is 24.5 Å². The average molecular weight is 263 g/mol. The van der Waals surface area contributed by atoms with E-state index < -0.39 is 0 Å². The quantitative estimate of drug-likeness (QED) is 0.418. The first-order valence-corrected chi connectivity index (χ1v) is 6.66. The molecule has 1 saturated heterocycles. The maximum Gasteiger partial charge on any atom is 0.255 e. The van der Waals surface area contributed by atoms with Crippen LogP contribution in [0.25, 0.3) is 0 Å². The lowest BCUT2D eigenvalue weighted by Gasteiger charge is -2.36. The molecule has 1 fully saturated rings. The number of carbonyl (C=O) groups is 1. The molecule has 1 aliphatic rings. The summed E-state index contributed by atoms with van der Waals surface area (Å²) in [6, 6.07) is 9.25. The van der Waals surface area contributed by atoms with Gasteiger partial charge in [-0.25, -0.2) is 5.84 Å². The summed E-state index contributed by atoms with van der Waals surface area (Å²) in [7, 11) is 0. The summed E-state index contributed by atoms with van der Waals surface area (Å²) in [4.78, 5) is 14.2. The van der Waals surface area contributed by atoms with E-state index in [1.807, 2.05) is 30.3 Å². The van der Waals surface area contributed by atoms with Gasteiger partial charge in [0.25, 0.3) is 5.91 Å². The molecule has 0 aliphatic carbocycles. The third-order valence-corrected chi connectivity index (χ3v) is 3.68. The molecule has 5 heteroatoms. The highest BCUT2D eigenvalue weighted by Crippen LogP contribution is 2.26. The van der Waals surface area contributed by atoms with Gasteiger partial charge in [-0.1, -0.05) is 30.3 Å². The van der Waals surface area contributed by atoms with Crippen molar-refractivity contribution in [3.8, 4) is 0 Å². The second kappa shape index (κ2) is 6.65. The predicted molar refractivity (Wildman–Crippen MR) is 72.9 cm³/mol. The van der Waals surface area contributed by atoms with Gasteiger partial charge in [0.1, 0.15) is 6.04 Å². The summed E-state index contributed by atoms with van der Waals surface area (Å²) in [5.41, 5.74) is 3.18. The van der Waals surface area contributed by atoms with Gasteiger partial charge >= 0.3 is 0 Å². The average Bonchev–Trinajstić information content (AvgIpc) is 2.48. The van der Waals surface area contributed by atoms with Crippen LogP contribution in [0.3, 0.4) is 0 Å². The first-order valence-electron chi connectivity index (χ1n) is 6.66. The van der Waals surface area contributed by atoms with Crippen molar-refractivity contribution in [2.24, 2.45) is 11.8 Å². The number of amides is 1. The third-order valence-electron chi connectivity index (χ3n) is 3.68. The van der Waals surface area contributed by atoms with E-state index in [4.69, 9.17) is 5.84 Å². The molecular formula is C14H21N3O2. The van der Waals surface area contributed by atoms with Gasteiger partial charge < -0.3 is 5.11 Å². The maximum absolute atomic E-state index is 12.1. The SMILES string of the molecule is NNC(=O)C(c1ccccc1)N1CCCC(CO)C1. The van der Waals surface area contributed by atoms with Crippen molar-refractivity contribution in [2.45, 2.75) is 18.9 Å². The van der Waals surface area contributed by atoms with Crippen LogP contribution in [0, 0.1) is 5.92 Å². The Balaban J connectivity index is 2.20. The summed E-state index contributed by atoms with van der Waals surface area (Å²) in [6.07, 6.45) is 2.01. The van der Waals surface area contributed by atoms with Crippen molar-refractivity contribution >= 4 is 5.91 Å². The molecule has 4 N–H and O–H groups in total. The van der Waals surface area contributed by atoms with Crippen LogP contribution in [0.15, 0.2) is 30.3 Å². The van der Waals surface area contributed by atoms with Crippen molar-refractivity contribution in [3.63, 3.8) is 0 Å². The molecule has 19 heavy (non-hydrogen) atoms. The largest absolute Gasteiger partial charge is 0.396 e. The number of aliphatic hydroxyl groups excluding tert-OH is 1. The summed E-state index contributed by atoms with van der Waals surface area (Å²) in [5, 5.41) is 9.31. The van der Waals surface area contributed by atoms with E-state index in [2.05, 4.69) is 10.3 Å². The van der Waals surface area contributed by atoms with Gasteiger partial charge in [0.2, 0.25) is 0 Å². The first kappa shape index (κ1) is 14.0. The molecule has 0 radical (unpaired) electrons. The molecule has 1 aliphatic heterocycles. The number of piperidine rings is 1. The van der Waals surface area contributed by atoms with Crippen LogP contribution < -0.4 is 11.3 Å². The molecule has 0 aromatic heterocycles. The number of nitrogens with two attached hydrogens (primary N) is 1. The summed E-state index contributed by atoms with van der Waals surface area (Å²) in [6.45, 7) is 1.75. The number of rotatable bonds is 4. The highest BCUT2D eigenvalue weighted by molar-refractivity contribution is 5.82. The van der Waals surface area contributed by atoms with Gasteiger partial charge in [0.05, 0.1) is 0 Å². The van der Waals surface area contributed by atoms with Crippen LogP contribution in [0.1, 0.15) is 24.4 Å². The second-order valence-corrected chi connectivity index (χ2v) is 5.01. The first-order chi connectivity index (χ1) is 9.26. The Morgan fingerprint density at radius 2 is 2.21 bits per heavy atom. The van der Waals surface area contributed by atoms with Gasteiger partial charge in [-0.3, -0.25) is 15.1 Å². The molecule has 0 bridgehead atoms. The summed E-state index contributed by atoms with van der Waals surface area (Å²) in [5.74, 6) is 5.35. The number of hydrogen-bond acceptors (Lipinski definition) is 4. The van der Waals surface area contributed by atoms with E-state index in [9.17, 15) is 9.90 Å². The monoisotopic (exact) mass is 263 g/mol. The number of likely N-dealkylation sites (tertiary alicyclic amines) is 1. The summed E-state index contributed by atoms with van der Waals surface area (Å²) >= 11 is 0. The number of benzene rings is 1. The fourth-order valence-corrected chi connectivity index (χ4v) is 2.72. The summed E-state index contributed by atoms with van der Waals surface area (Å²) < 4.78 is 0. The molecule has 1 aromatic rings. The normalized spacial score (nSPS) is 21.9. The molecule has 5 nitrogen and oxygen atoms in total. The fourth-order valence-electron chi connectivity index (χ4n) is 2.72. The minimum Gasteiger partial charge on any atom is -0.396 e. The van der Waals surface area contributed by atoms with Crippen molar-refractivity contribution in [2.75, 3.05) is 19.7 Å². The molecule has 0 saturated carbocycles. The highest BCUT2D eigenvalue weighted by atomic mass is 16.3. The number of nitrogens with one attached hydrogen (secondary N) is 1. The van der Waals surface area contributed by atoms with E-state index in [1.165, 1.54) is 0 Å². The standard InChI is InChI=1S/C14H21N3O2/c15-16-14(19)13(12-6-2-1-3-7-12)17-8-4-5-11(9-17)10-18/h1-3,6-7,11,13,18H,4-5,8-10,15H2,(H,16,19). The topological polar surface area (TPSA) is 78.6 Å². The molecule has 2 atom stereocenters. The Kier molecular flexibility index (Phi) is 4.90. The predicted octanol–water partition coefficient (Wildman–Crippen LogP) is 0.422. The van der Waals surface area contributed by atoms with Crippen LogP contribution in [0.4, 0.5) is 0 Å². The lowest BCUT2D eigenvalue weighted by atomic mass is 9.95. The Labute approximate surface area is 113 Å². The number of hydrogen-bond donors (Lipinski definition) is 3. The molecule has 1 heterocycles. The van der Waals surface area contributed by atoms with Gasteiger partial charge in [-0.05, 0) is 30.9 Å². The van der Waals surface area contributed by atoms with E-state index in [0.29, 0.717) is 0 Å². The van der Waals surface area contributed by atoms with Crippen molar-refractivity contribution < 1.29 is 9.90 Å². The zero-order valence-corrected chi connectivity index (χ0v) is 11.0. The number of hydrazine groups is 1. The van der Waals surface area contributed by atoms with Gasteiger partial charge in [-0.2, -0.15) is 0 Å². The Morgan fingerprint density at radius 3 is 2.84 bits per heavy atom.